The van der Waals surface area contributed by atoms with E-state index in [1.165, 1.54) is 22.7 Å². The third-order valence-electron chi connectivity index (χ3n) is 6.31. The third-order valence-corrected chi connectivity index (χ3v) is 9.35. The summed E-state index contributed by atoms with van der Waals surface area (Å²) in [6.45, 7) is -0.0173. The van der Waals surface area contributed by atoms with Crippen molar-refractivity contribution >= 4 is 41.3 Å². The average Bonchev–Trinajstić information content (AvgIpc) is 2.88. The van der Waals surface area contributed by atoms with E-state index in [0.717, 1.165) is 22.9 Å². The molecule has 2 aliphatic heterocycles. The summed E-state index contributed by atoms with van der Waals surface area (Å²) < 4.78 is 13.6. The number of aliphatic carboxylic acids is 1. The zero-order chi connectivity index (χ0) is 25.3. The van der Waals surface area contributed by atoms with Crippen LogP contribution >= 0.6 is 23.5 Å². The second kappa shape index (κ2) is 9.99. The first-order valence-corrected chi connectivity index (χ1v) is 13.3. The Morgan fingerprint density at radius 3 is 2.44 bits per heavy atom. The summed E-state index contributed by atoms with van der Waals surface area (Å²) >= 11 is 2.38. The predicted molar refractivity (Wildman–Crippen MR) is 138 cm³/mol. The molecule has 36 heavy (non-hydrogen) atoms. The number of nitrogens with zero attached hydrogens (tertiary/aromatic N) is 1. The lowest BCUT2D eigenvalue weighted by Gasteiger charge is -2.53. The molecule has 0 saturated carbocycles. The Labute approximate surface area is 216 Å². The number of hydrogen-bond acceptors (Lipinski definition) is 5. The number of benzene rings is 3. The third kappa shape index (κ3) is 4.73. The molecule has 0 aromatic heterocycles. The first-order chi connectivity index (χ1) is 17.4. The molecule has 0 aliphatic carbocycles. The number of carboxylic acids is 1. The van der Waals surface area contributed by atoms with Crippen LogP contribution in [0.1, 0.15) is 5.56 Å². The highest BCUT2D eigenvalue weighted by Crippen LogP contribution is 2.46. The maximum atomic E-state index is 14.9. The van der Waals surface area contributed by atoms with Gasteiger partial charge in [0.25, 0.3) is 0 Å². The zero-order valence-corrected chi connectivity index (χ0v) is 20.7. The number of carbonyl (C=O) groups is 3. The van der Waals surface area contributed by atoms with E-state index < -0.39 is 22.6 Å². The van der Waals surface area contributed by atoms with Crippen LogP contribution in [-0.4, -0.2) is 56.3 Å². The Balaban J connectivity index is 1.26. The smallest absolute Gasteiger partial charge is 0.322 e. The summed E-state index contributed by atoms with van der Waals surface area (Å²) in [5, 5.41) is 12.6. The van der Waals surface area contributed by atoms with Gasteiger partial charge in [-0.15, -0.1) is 23.5 Å². The van der Waals surface area contributed by atoms with Gasteiger partial charge in [-0.3, -0.25) is 14.4 Å². The summed E-state index contributed by atoms with van der Waals surface area (Å²) in [5.41, 5.74) is 2.03. The van der Waals surface area contributed by atoms with Gasteiger partial charge in [0.15, 0.2) is 0 Å². The van der Waals surface area contributed by atoms with E-state index in [9.17, 15) is 23.9 Å². The second-order valence-electron chi connectivity index (χ2n) is 8.78. The van der Waals surface area contributed by atoms with Crippen LogP contribution in [0.25, 0.3) is 11.1 Å². The standard InChI is InChI=1S/C27H23FN2O4S2/c28-21-14-19(11-12-20(21)18-9-5-2-6-10-18)36-27(26(33)34)15-30-24(32)23(25(30)35-16-27)29-22(31)13-17-7-3-1-4-8-17/h1-12,14,23,25H,13,15-16H2,(H,29,31)(H,33,34)/t23?,25-,27?/m1/s1. The van der Waals surface area contributed by atoms with Gasteiger partial charge in [0.05, 0.1) is 6.42 Å². The van der Waals surface area contributed by atoms with Gasteiger partial charge in [0.1, 0.15) is 22.0 Å². The van der Waals surface area contributed by atoms with Crippen molar-refractivity contribution in [3.63, 3.8) is 0 Å². The van der Waals surface area contributed by atoms with Crippen molar-refractivity contribution in [1.29, 1.82) is 0 Å². The number of β-lactam (4-membered cyclic amide) rings is 1. The van der Waals surface area contributed by atoms with E-state index >= 15 is 0 Å². The van der Waals surface area contributed by atoms with E-state index in [4.69, 9.17) is 0 Å². The van der Waals surface area contributed by atoms with Crippen LogP contribution in [0.3, 0.4) is 0 Å². The highest BCUT2D eigenvalue weighted by Gasteiger charge is 2.58. The minimum atomic E-state index is -1.32. The van der Waals surface area contributed by atoms with Crippen molar-refractivity contribution in [1.82, 2.24) is 10.2 Å². The fourth-order valence-corrected chi connectivity index (χ4v) is 7.30. The first-order valence-electron chi connectivity index (χ1n) is 11.4. The maximum Gasteiger partial charge on any atom is 0.322 e. The summed E-state index contributed by atoms with van der Waals surface area (Å²) in [4.78, 5) is 39.6. The Bertz CT molecular complexity index is 1310. The van der Waals surface area contributed by atoms with Crippen molar-refractivity contribution < 1.29 is 23.9 Å². The lowest BCUT2D eigenvalue weighted by atomic mass is 10.0. The molecule has 2 amide bonds. The van der Waals surface area contributed by atoms with Crippen molar-refractivity contribution in [2.45, 2.75) is 27.5 Å². The van der Waals surface area contributed by atoms with Crippen LogP contribution in [0.2, 0.25) is 0 Å². The molecule has 3 aromatic carbocycles. The number of fused-ring (bicyclic) bond motifs is 1. The van der Waals surface area contributed by atoms with Gasteiger partial charge in [0, 0.05) is 22.8 Å². The molecule has 2 saturated heterocycles. The van der Waals surface area contributed by atoms with Gasteiger partial charge in [-0.2, -0.15) is 0 Å². The van der Waals surface area contributed by atoms with Crippen molar-refractivity contribution in [3.8, 4) is 11.1 Å². The number of halogens is 1. The molecule has 6 nitrogen and oxygen atoms in total. The number of thioether (sulfide) groups is 2. The van der Waals surface area contributed by atoms with Crippen molar-refractivity contribution in [2.75, 3.05) is 12.3 Å². The second-order valence-corrected chi connectivity index (χ2v) is 11.3. The SMILES string of the molecule is O=C(Cc1ccccc1)NC1C(=O)N2CC(Sc3ccc(-c4ccccc4)c(F)c3)(C(=O)O)CS[C@H]12. The van der Waals surface area contributed by atoms with E-state index in [0.29, 0.717) is 10.5 Å². The van der Waals surface area contributed by atoms with Crippen LogP contribution in [0.15, 0.2) is 83.8 Å². The largest absolute Gasteiger partial charge is 0.480 e. The van der Waals surface area contributed by atoms with Gasteiger partial charge in [-0.05, 0) is 23.3 Å². The molecule has 2 aliphatic rings. The Morgan fingerprint density at radius 2 is 1.78 bits per heavy atom. The highest BCUT2D eigenvalue weighted by atomic mass is 32.2. The van der Waals surface area contributed by atoms with Gasteiger partial charge < -0.3 is 15.3 Å². The fourth-order valence-electron chi connectivity index (χ4n) is 4.43. The predicted octanol–water partition coefficient (Wildman–Crippen LogP) is 4.05. The number of carboxylic acid groups (broad SMARTS) is 1. The molecule has 0 spiro atoms. The highest BCUT2D eigenvalue weighted by molar-refractivity contribution is 8.05. The first kappa shape index (κ1) is 24.4. The van der Waals surface area contributed by atoms with Gasteiger partial charge >= 0.3 is 5.97 Å². The lowest BCUT2D eigenvalue weighted by Crippen LogP contribution is -2.74. The minimum Gasteiger partial charge on any atom is -0.480 e. The van der Waals surface area contributed by atoms with Crippen molar-refractivity contribution in [3.05, 3.63) is 90.2 Å². The van der Waals surface area contributed by atoms with Crippen LogP contribution in [0.4, 0.5) is 4.39 Å². The quantitative estimate of drug-likeness (QED) is 0.456. The lowest BCUT2D eigenvalue weighted by molar-refractivity contribution is -0.152. The van der Waals surface area contributed by atoms with E-state index in [2.05, 4.69) is 5.32 Å². The number of rotatable bonds is 7. The molecule has 0 radical (unpaired) electrons. The number of hydrogen-bond donors (Lipinski definition) is 2. The number of carbonyl (C=O) groups excluding carboxylic acids is 2. The minimum absolute atomic E-state index is 0.0173. The summed E-state index contributed by atoms with van der Waals surface area (Å²) in [6.07, 6.45) is 0.168. The maximum absolute atomic E-state index is 14.9. The molecule has 3 aromatic rings. The molecule has 0 bridgehead atoms. The van der Waals surface area contributed by atoms with Crippen LogP contribution in [0.5, 0.6) is 0 Å². The van der Waals surface area contributed by atoms with Gasteiger partial charge in [-0.25, -0.2) is 4.39 Å². The normalized spacial score (nSPS) is 22.9. The zero-order valence-electron chi connectivity index (χ0n) is 19.1. The van der Waals surface area contributed by atoms with Crippen LogP contribution in [0, 0.1) is 5.82 Å². The fraction of sp³-hybridized carbons (Fsp3) is 0.222. The average molecular weight is 523 g/mol. The Kier molecular flexibility index (Phi) is 6.77. The van der Waals surface area contributed by atoms with Crippen LogP contribution < -0.4 is 5.32 Å². The van der Waals surface area contributed by atoms with Gasteiger partial charge in [-0.1, -0.05) is 66.7 Å². The van der Waals surface area contributed by atoms with E-state index in [1.807, 2.05) is 60.7 Å². The molecule has 184 valence electrons. The topological polar surface area (TPSA) is 86.7 Å². The summed E-state index contributed by atoms with van der Waals surface area (Å²) in [5.74, 6) is -1.83. The Morgan fingerprint density at radius 1 is 1.08 bits per heavy atom. The Hall–Kier alpha value is -3.30. The molecular formula is C27H23FN2O4S2. The van der Waals surface area contributed by atoms with E-state index in [-0.39, 0.29) is 35.9 Å². The number of amides is 2. The molecular weight excluding hydrogens is 499 g/mol. The molecule has 3 atom stereocenters. The van der Waals surface area contributed by atoms with E-state index in [1.54, 1.807) is 12.1 Å². The molecule has 9 heteroatoms. The number of nitrogens with one attached hydrogen (secondary N) is 1. The molecule has 2 unspecified atom stereocenters. The van der Waals surface area contributed by atoms with Gasteiger partial charge in [0.2, 0.25) is 11.8 Å². The summed E-state index contributed by atoms with van der Waals surface area (Å²) in [7, 11) is 0. The molecule has 2 N–H and O–H groups in total. The molecule has 2 fully saturated rings. The molecule has 2 heterocycles. The summed E-state index contributed by atoms with van der Waals surface area (Å²) in [6, 6.07) is 22.4. The van der Waals surface area contributed by atoms with Crippen LogP contribution in [-0.2, 0) is 20.8 Å². The van der Waals surface area contributed by atoms with Crippen molar-refractivity contribution in [2.24, 2.45) is 0 Å². The monoisotopic (exact) mass is 522 g/mol. The molecule has 5 rings (SSSR count).